The van der Waals surface area contributed by atoms with E-state index in [9.17, 15) is 0 Å². The molecule has 6 aromatic rings. The van der Waals surface area contributed by atoms with Crippen LogP contribution < -0.4 is 18.9 Å². The molecule has 0 fully saturated rings. The van der Waals surface area contributed by atoms with Crippen molar-refractivity contribution in [2.45, 2.75) is 18.3 Å². The molecule has 2 aliphatic heterocycles. The second-order valence-electron chi connectivity index (χ2n) is 12.4. The fourth-order valence-electron chi connectivity index (χ4n) is 7.59. The molecule has 3 aliphatic rings. The molecular weight excluding hydrogens is 580 g/mol. The Morgan fingerprint density at radius 1 is 0.383 bits per heavy atom. The van der Waals surface area contributed by atoms with E-state index in [-0.39, 0.29) is 0 Å². The topological polar surface area (TPSA) is 36.9 Å². The first kappa shape index (κ1) is 27.8. The first-order valence-corrected chi connectivity index (χ1v) is 16.5. The van der Waals surface area contributed by atoms with Crippen LogP contribution in [0.4, 0.5) is 0 Å². The van der Waals surface area contributed by atoms with Gasteiger partial charge in [0.25, 0.3) is 0 Å². The van der Waals surface area contributed by atoms with Crippen molar-refractivity contribution in [1.29, 1.82) is 0 Å². The van der Waals surface area contributed by atoms with E-state index in [1.807, 2.05) is 24.3 Å². The van der Waals surface area contributed by atoms with Crippen LogP contribution in [-0.2, 0) is 5.41 Å². The van der Waals surface area contributed by atoms with Crippen molar-refractivity contribution in [3.63, 3.8) is 0 Å². The van der Waals surface area contributed by atoms with Crippen LogP contribution in [0, 0.1) is 0 Å². The Kier molecular flexibility index (Phi) is 6.74. The van der Waals surface area contributed by atoms with E-state index in [4.69, 9.17) is 18.9 Å². The molecule has 0 N–H and O–H groups in total. The summed E-state index contributed by atoms with van der Waals surface area (Å²) in [5.74, 6) is 3.44. The lowest BCUT2D eigenvalue weighted by molar-refractivity contribution is 0.234. The number of hydrogen-bond donors (Lipinski definition) is 0. The predicted molar refractivity (Wildman–Crippen MR) is 186 cm³/mol. The number of benzene rings is 6. The summed E-state index contributed by atoms with van der Waals surface area (Å²) in [6.07, 6.45) is 1.74. The molecular formula is C43H34O4. The standard InChI is InChI=1S/C43H34O4/c1-3-9-39-37(7-1)38-8-2-4-10-40(38)43(39,31-15-11-29(12-16-31)35-21-19-33-27-41(35)46-25-5-23-44-33)32-17-13-30(14-18-32)36-22-20-34-28-42(36)47-26-6-24-45-34/h1-4,7-22,27-28H,5-6,23-26H2. The van der Waals surface area contributed by atoms with E-state index >= 15 is 0 Å². The molecule has 0 amide bonds. The third-order valence-electron chi connectivity index (χ3n) is 9.75. The highest BCUT2D eigenvalue weighted by atomic mass is 16.5. The monoisotopic (exact) mass is 614 g/mol. The summed E-state index contributed by atoms with van der Waals surface area (Å²) in [6, 6.07) is 48.2. The summed E-state index contributed by atoms with van der Waals surface area (Å²) in [5.41, 5.74) is 11.5. The van der Waals surface area contributed by atoms with Crippen molar-refractivity contribution < 1.29 is 18.9 Å². The maximum Gasteiger partial charge on any atom is 0.130 e. The number of fused-ring (bicyclic) bond motifs is 7. The van der Waals surface area contributed by atoms with Gasteiger partial charge in [0.15, 0.2) is 0 Å². The molecule has 4 heteroatoms. The van der Waals surface area contributed by atoms with Gasteiger partial charge in [-0.15, -0.1) is 0 Å². The van der Waals surface area contributed by atoms with Crippen LogP contribution in [-0.4, -0.2) is 26.4 Å². The maximum absolute atomic E-state index is 6.18. The fourth-order valence-corrected chi connectivity index (χ4v) is 7.59. The molecule has 2 heterocycles. The largest absolute Gasteiger partial charge is 0.493 e. The van der Waals surface area contributed by atoms with Crippen LogP contribution in [0.3, 0.4) is 0 Å². The van der Waals surface area contributed by atoms with Crippen molar-refractivity contribution in [3.8, 4) is 56.4 Å². The van der Waals surface area contributed by atoms with E-state index in [2.05, 4.69) is 109 Å². The van der Waals surface area contributed by atoms with Gasteiger partial charge in [-0.1, -0.05) is 97.1 Å². The van der Waals surface area contributed by atoms with Gasteiger partial charge in [-0.05, 0) is 68.8 Å². The van der Waals surface area contributed by atoms with E-state index in [1.54, 1.807) is 0 Å². The lowest BCUT2D eigenvalue weighted by Crippen LogP contribution is -2.28. The molecule has 0 saturated heterocycles. The highest BCUT2D eigenvalue weighted by Crippen LogP contribution is 2.56. The van der Waals surface area contributed by atoms with Crippen molar-refractivity contribution in [2.24, 2.45) is 0 Å². The molecule has 0 aromatic heterocycles. The first-order chi connectivity index (χ1) is 23.3. The van der Waals surface area contributed by atoms with Crippen LogP contribution in [0.15, 0.2) is 133 Å². The van der Waals surface area contributed by atoms with Crippen LogP contribution in [0.2, 0.25) is 0 Å². The summed E-state index contributed by atoms with van der Waals surface area (Å²) < 4.78 is 24.1. The molecule has 4 bridgehead atoms. The molecule has 47 heavy (non-hydrogen) atoms. The quantitative estimate of drug-likeness (QED) is 0.198. The van der Waals surface area contributed by atoms with Crippen molar-refractivity contribution in [1.82, 2.24) is 0 Å². The zero-order valence-corrected chi connectivity index (χ0v) is 26.1. The highest BCUT2D eigenvalue weighted by molar-refractivity contribution is 5.87. The van der Waals surface area contributed by atoms with E-state index in [0.717, 1.165) is 58.1 Å². The predicted octanol–water partition coefficient (Wildman–Crippen LogP) is 9.71. The van der Waals surface area contributed by atoms with Gasteiger partial charge in [0.2, 0.25) is 0 Å². The van der Waals surface area contributed by atoms with Gasteiger partial charge in [-0.3, -0.25) is 0 Å². The van der Waals surface area contributed by atoms with Crippen molar-refractivity contribution >= 4 is 0 Å². The SMILES string of the molecule is c1ccc2c(c1)-c1ccccc1C2(c1ccc(-c2ccc3cc2OCCCO3)cc1)c1ccc(-c2ccc3cc2OCCCO3)cc1. The molecule has 230 valence electrons. The minimum atomic E-state index is -0.486. The summed E-state index contributed by atoms with van der Waals surface area (Å²) in [4.78, 5) is 0. The van der Waals surface area contributed by atoms with Gasteiger partial charge in [0.05, 0.1) is 31.8 Å². The normalized spacial score (nSPS) is 15.6. The Morgan fingerprint density at radius 2 is 0.809 bits per heavy atom. The van der Waals surface area contributed by atoms with Gasteiger partial charge in [-0.2, -0.15) is 0 Å². The molecule has 1 aliphatic carbocycles. The molecule has 0 saturated carbocycles. The van der Waals surface area contributed by atoms with Gasteiger partial charge < -0.3 is 18.9 Å². The Hall–Kier alpha value is -5.48. The molecule has 0 atom stereocenters. The van der Waals surface area contributed by atoms with Crippen LogP contribution in [0.1, 0.15) is 35.1 Å². The van der Waals surface area contributed by atoms with E-state index < -0.39 is 5.41 Å². The smallest absolute Gasteiger partial charge is 0.130 e. The Labute approximate surface area is 275 Å². The fraction of sp³-hybridized carbons (Fsp3) is 0.163. The number of hydrogen-bond acceptors (Lipinski definition) is 4. The zero-order valence-electron chi connectivity index (χ0n) is 26.1. The summed E-state index contributed by atoms with van der Waals surface area (Å²) >= 11 is 0. The third-order valence-corrected chi connectivity index (χ3v) is 9.75. The van der Waals surface area contributed by atoms with Crippen LogP contribution in [0.25, 0.3) is 33.4 Å². The highest BCUT2D eigenvalue weighted by Gasteiger charge is 2.45. The molecule has 0 unspecified atom stereocenters. The minimum Gasteiger partial charge on any atom is -0.493 e. The average Bonchev–Trinajstić information content (AvgIpc) is 3.41. The lowest BCUT2D eigenvalue weighted by atomic mass is 9.67. The Morgan fingerprint density at radius 3 is 1.28 bits per heavy atom. The van der Waals surface area contributed by atoms with E-state index in [1.165, 1.54) is 33.4 Å². The average molecular weight is 615 g/mol. The molecule has 0 radical (unpaired) electrons. The second kappa shape index (κ2) is 11.4. The van der Waals surface area contributed by atoms with Crippen molar-refractivity contribution in [2.75, 3.05) is 26.4 Å². The van der Waals surface area contributed by atoms with Crippen molar-refractivity contribution in [3.05, 3.63) is 156 Å². The maximum atomic E-state index is 6.18. The summed E-state index contributed by atoms with van der Waals surface area (Å²) in [5, 5.41) is 0. The Bertz CT molecular complexity index is 1940. The summed E-state index contributed by atoms with van der Waals surface area (Å²) in [6.45, 7) is 2.64. The number of rotatable bonds is 4. The second-order valence-corrected chi connectivity index (χ2v) is 12.4. The molecule has 4 nitrogen and oxygen atoms in total. The van der Waals surface area contributed by atoms with E-state index in [0.29, 0.717) is 26.4 Å². The first-order valence-electron chi connectivity index (χ1n) is 16.5. The minimum absolute atomic E-state index is 0.486. The molecule has 0 spiro atoms. The van der Waals surface area contributed by atoms with Gasteiger partial charge >= 0.3 is 0 Å². The summed E-state index contributed by atoms with van der Waals surface area (Å²) in [7, 11) is 0. The van der Waals surface area contributed by atoms with Crippen LogP contribution >= 0.6 is 0 Å². The number of ether oxygens (including phenoxy) is 4. The Balaban J connectivity index is 1.19. The third kappa shape index (κ3) is 4.58. The zero-order chi connectivity index (χ0) is 31.2. The van der Waals surface area contributed by atoms with Crippen LogP contribution in [0.5, 0.6) is 23.0 Å². The van der Waals surface area contributed by atoms with Gasteiger partial charge in [0.1, 0.15) is 23.0 Å². The molecule has 6 aromatic carbocycles. The van der Waals surface area contributed by atoms with Gasteiger partial charge in [-0.25, -0.2) is 0 Å². The molecule has 9 rings (SSSR count). The lowest BCUT2D eigenvalue weighted by Gasteiger charge is -2.34. The van der Waals surface area contributed by atoms with Gasteiger partial charge in [0, 0.05) is 36.1 Å².